The zero-order chi connectivity index (χ0) is 36.4. The molecular weight excluding hydrogens is 679 g/mol. The normalized spacial score (nSPS) is 27.1. The van der Waals surface area contributed by atoms with E-state index in [-0.39, 0.29) is 58.5 Å². The molecule has 12 heteroatoms. The molecule has 51 heavy (non-hydrogen) atoms. The zero-order valence-corrected chi connectivity index (χ0v) is 28.9. The topological polar surface area (TPSA) is 134 Å². The summed E-state index contributed by atoms with van der Waals surface area (Å²) in [7, 11) is 2.82. The second-order valence-corrected chi connectivity index (χ2v) is 14.1. The van der Waals surface area contributed by atoms with Gasteiger partial charge in [0.1, 0.15) is 11.6 Å². The largest absolute Gasteiger partial charge is 0.508 e. The number of allylic oxidation sites excluding steroid dienone is 3. The lowest BCUT2D eigenvalue weighted by Crippen LogP contribution is -2.49. The Kier molecular flexibility index (Phi) is 8.65. The fourth-order valence-corrected chi connectivity index (χ4v) is 8.67. The van der Waals surface area contributed by atoms with E-state index in [4.69, 9.17) is 21.1 Å². The zero-order valence-electron chi connectivity index (χ0n) is 28.1. The highest BCUT2D eigenvalue weighted by molar-refractivity contribution is 6.31. The van der Waals surface area contributed by atoms with Gasteiger partial charge in [-0.2, -0.15) is 0 Å². The lowest BCUT2D eigenvalue weighted by molar-refractivity contribution is -0.140. The molecule has 0 aromatic heterocycles. The minimum absolute atomic E-state index is 0.120. The maximum atomic E-state index is 14.5. The summed E-state index contributed by atoms with van der Waals surface area (Å²) in [5.74, 6) is -5.33. The monoisotopic (exact) mass is 714 g/mol. The minimum Gasteiger partial charge on any atom is -0.508 e. The number of amides is 4. The van der Waals surface area contributed by atoms with E-state index in [1.54, 1.807) is 49.4 Å². The number of halogens is 2. The van der Waals surface area contributed by atoms with E-state index in [0.29, 0.717) is 18.4 Å². The molecule has 6 atom stereocenters. The quantitative estimate of drug-likeness (QED) is 0.217. The van der Waals surface area contributed by atoms with Crippen molar-refractivity contribution >= 4 is 47.0 Å². The number of nitrogens with zero attached hydrogens (tertiary/aromatic N) is 2. The molecule has 2 aliphatic heterocycles. The number of hydrogen-bond acceptors (Lipinski definition) is 8. The summed E-state index contributed by atoms with van der Waals surface area (Å²) in [6.07, 6.45) is 6.40. The van der Waals surface area contributed by atoms with Crippen molar-refractivity contribution in [3.63, 3.8) is 0 Å². The molecule has 2 N–H and O–H groups in total. The molecule has 3 aromatic rings. The standard InChI is InChI=1S/C39H36ClFN2O8/c1-39-27(12-6-21-16-31(50-2)34(45)32(17-21)51-3)24-10-11-25-33(37(48)42(35(25)46)15-14-20-4-8-23(44)9-5-20)26(24)19-28(39)36(47)43(38(39)49)22-7-13-30(41)29(40)18-22/h4-10,12-13,16-18,25-28,33,44-45H,11,14-15,19H2,1-3H3. The number of anilines is 1. The van der Waals surface area contributed by atoms with Gasteiger partial charge in [0.05, 0.1) is 48.1 Å². The van der Waals surface area contributed by atoms with Crippen LogP contribution in [0.5, 0.6) is 23.0 Å². The van der Waals surface area contributed by atoms with Crippen LogP contribution in [-0.2, 0) is 25.6 Å². The summed E-state index contributed by atoms with van der Waals surface area (Å²) in [6, 6.07) is 13.5. The molecule has 6 unspecified atom stereocenters. The van der Waals surface area contributed by atoms with Gasteiger partial charge < -0.3 is 19.7 Å². The summed E-state index contributed by atoms with van der Waals surface area (Å²) >= 11 is 6.09. The van der Waals surface area contributed by atoms with Gasteiger partial charge in [-0.15, -0.1) is 0 Å². The Morgan fingerprint density at radius 3 is 2.27 bits per heavy atom. The second kappa shape index (κ2) is 12.9. The van der Waals surface area contributed by atoms with Gasteiger partial charge in [0.25, 0.3) is 0 Å². The van der Waals surface area contributed by atoms with Crippen LogP contribution in [0.3, 0.4) is 0 Å². The van der Waals surface area contributed by atoms with Crippen LogP contribution in [0.2, 0.25) is 5.02 Å². The van der Waals surface area contributed by atoms with E-state index >= 15 is 0 Å². The summed E-state index contributed by atoms with van der Waals surface area (Å²) < 4.78 is 24.8. The molecular formula is C39H36ClFN2O8. The van der Waals surface area contributed by atoms with Crippen molar-refractivity contribution in [2.75, 3.05) is 25.7 Å². The van der Waals surface area contributed by atoms with Gasteiger partial charge in [-0.1, -0.05) is 47.5 Å². The highest BCUT2D eigenvalue weighted by Gasteiger charge is 2.66. The highest BCUT2D eigenvalue weighted by atomic mass is 35.5. The van der Waals surface area contributed by atoms with Gasteiger partial charge in [-0.25, -0.2) is 9.29 Å². The van der Waals surface area contributed by atoms with E-state index in [2.05, 4.69) is 0 Å². The molecule has 0 radical (unpaired) electrons. The van der Waals surface area contributed by atoms with Crippen LogP contribution in [-0.4, -0.2) is 59.5 Å². The van der Waals surface area contributed by atoms with Crippen LogP contribution in [0, 0.1) is 40.8 Å². The molecule has 264 valence electrons. The third-order valence-corrected chi connectivity index (χ3v) is 11.4. The molecule has 0 spiro atoms. The first-order valence-corrected chi connectivity index (χ1v) is 17.1. The van der Waals surface area contributed by atoms with Gasteiger partial charge in [-0.3, -0.25) is 24.1 Å². The van der Waals surface area contributed by atoms with Crippen molar-refractivity contribution in [2.45, 2.75) is 26.2 Å². The van der Waals surface area contributed by atoms with E-state index in [9.17, 15) is 33.8 Å². The van der Waals surface area contributed by atoms with E-state index < -0.39 is 52.6 Å². The number of hydrogen-bond donors (Lipinski definition) is 2. The number of aromatic hydroxyl groups is 2. The van der Waals surface area contributed by atoms with Gasteiger partial charge >= 0.3 is 0 Å². The Hall–Kier alpha value is -5.16. The fraction of sp³-hybridized carbons (Fsp3) is 0.333. The lowest BCUT2D eigenvalue weighted by Gasteiger charge is -2.47. The highest BCUT2D eigenvalue weighted by Crippen LogP contribution is 2.61. The summed E-state index contributed by atoms with van der Waals surface area (Å²) in [5, 5.41) is 19.9. The van der Waals surface area contributed by atoms with Gasteiger partial charge in [0.15, 0.2) is 11.5 Å². The Bertz CT molecular complexity index is 2000. The number of carbonyl (C=O) groups excluding carboxylic acids is 4. The number of phenolic OH excluding ortho intramolecular Hbond substituents is 2. The predicted molar refractivity (Wildman–Crippen MR) is 186 cm³/mol. The fourth-order valence-electron chi connectivity index (χ4n) is 8.50. The summed E-state index contributed by atoms with van der Waals surface area (Å²) in [5.41, 5.74) is 1.08. The second-order valence-electron chi connectivity index (χ2n) is 13.7. The van der Waals surface area contributed by atoms with Crippen LogP contribution in [0.4, 0.5) is 10.1 Å². The van der Waals surface area contributed by atoms with Crippen molar-refractivity contribution in [3.05, 3.63) is 94.3 Å². The summed E-state index contributed by atoms with van der Waals surface area (Å²) in [4.78, 5) is 59.1. The van der Waals surface area contributed by atoms with E-state index in [0.717, 1.165) is 22.1 Å². The van der Waals surface area contributed by atoms with Crippen molar-refractivity contribution in [1.29, 1.82) is 0 Å². The molecule has 2 aliphatic carbocycles. The van der Waals surface area contributed by atoms with Gasteiger partial charge in [-0.05, 0) is 85.7 Å². The number of likely N-dealkylation sites (tertiary alicyclic amines) is 1. The number of ether oxygens (including phenoxy) is 2. The molecule has 2 heterocycles. The smallest absolute Gasteiger partial charge is 0.241 e. The van der Waals surface area contributed by atoms with Crippen LogP contribution < -0.4 is 14.4 Å². The third kappa shape index (κ3) is 5.45. The number of methoxy groups -OCH3 is 2. The average Bonchev–Trinajstić information content (AvgIpc) is 3.48. The Morgan fingerprint density at radius 2 is 1.63 bits per heavy atom. The number of carbonyl (C=O) groups is 4. The van der Waals surface area contributed by atoms with Gasteiger partial charge in [0.2, 0.25) is 29.4 Å². The predicted octanol–water partition coefficient (Wildman–Crippen LogP) is 5.93. The Labute approximate surface area is 298 Å². The van der Waals surface area contributed by atoms with E-state index in [1.165, 1.54) is 31.3 Å². The number of phenols is 2. The minimum atomic E-state index is -1.31. The SMILES string of the molecule is COc1cc(C=CC2C3=CCC4C(=O)N(CCc5ccc(O)cc5)C(=O)C4C3CC3C(=O)N(c4ccc(F)c(Cl)c4)C(=O)C23C)cc(OC)c1O. The average molecular weight is 715 g/mol. The van der Waals surface area contributed by atoms with Crippen molar-refractivity contribution in [1.82, 2.24) is 4.90 Å². The molecule has 2 saturated heterocycles. The summed E-state index contributed by atoms with van der Waals surface area (Å²) in [6.45, 7) is 1.91. The number of rotatable bonds is 8. The number of fused-ring (bicyclic) bond motifs is 4. The molecule has 4 amide bonds. The van der Waals surface area contributed by atoms with Crippen LogP contribution in [0.25, 0.3) is 6.08 Å². The number of benzene rings is 3. The van der Waals surface area contributed by atoms with Gasteiger partial charge in [0, 0.05) is 12.5 Å². The van der Waals surface area contributed by atoms with Crippen LogP contribution in [0.15, 0.2) is 72.3 Å². The first kappa shape index (κ1) is 34.3. The lowest BCUT2D eigenvalue weighted by atomic mass is 9.52. The molecule has 7 rings (SSSR count). The molecule has 0 bridgehead atoms. The van der Waals surface area contributed by atoms with Crippen LogP contribution in [0.1, 0.15) is 30.9 Å². The first-order valence-electron chi connectivity index (χ1n) is 16.7. The number of imide groups is 2. The molecule has 3 fully saturated rings. The molecule has 1 saturated carbocycles. The first-order chi connectivity index (χ1) is 24.4. The molecule has 4 aliphatic rings. The molecule has 10 nitrogen and oxygen atoms in total. The Morgan fingerprint density at radius 1 is 0.941 bits per heavy atom. The maximum Gasteiger partial charge on any atom is 0.241 e. The van der Waals surface area contributed by atoms with Crippen molar-refractivity contribution in [3.8, 4) is 23.0 Å². The van der Waals surface area contributed by atoms with Crippen molar-refractivity contribution < 1.29 is 43.3 Å². The van der Waals surface area contributed by atoms with E-state index in [1.807, 2.05) is 12.2 Å². The molecule has 3 aromatic carbocycles. The Balaban J connectivity index is 1.28. The third-order valence-electron chi connectivity index (χ3n) is 11.1. The van der Waals surface area contributed by atoms with Crippen molar-refractivity contribution in [2.24, 2.45) is 35.0 Å². The maximum absolute atomic E-state index is 14.5. The van der Waals surface area contributed by atoms with Crippen LogP contribution >= 0.6 is 11.6 Å².